The Balaban J connectivity index is 2.15. The lowest BCUT2D eigenvalue weighted by Gasteiger charge is -2.12. The third-order valence-electron chi connectivity index (χ3n) is 2.38. The number of carbonyl (C=O) groups excluding carboxylic acids is 1. The van der Waals surface area contributed by atoms with Gasteiger partial charge in [-0.15, -0.1) is 0 Å². The van der Waals surface area contributed by atoms with E-state index in [0.717, 1.165) is 26.2 Å². The van der Waals surface area contributed by atoms with Crippen LogP contribution in [0.1, 0.15) is 13.3 Å². The molecule has 70 valence electrons. The van der Waals surface area contributed by atoms with Crippen molar-refractivity contribution in [3.05, 3.63) is 0 Å². The van der Waals surface area contributed by atoms with Gasteiger partial charge in [-0.2, -0.15) is 0 Å². The van der Waals surface area contributed by atoms with Crippen LogP contribution < -0.4 is 11.1 Å². The topological polar surface area (TPSA) is 58.4 Å². The predicted octanol–water partition coefficient (Wildman–Crippen LogP) is -0.00350. The first kappa shape index (κ1) is 9.32. The molecule has 0 aromatic rings. The zero-order chi connectivity index (χ0) is 8.97. The van der Waals surface area contributed by atoms with Crippen LogP contribution >= 0.6 is 0 Å². The maximum absolute atomic E-state index is 10.4. The quantitative estimate of drug-likeness (QED) is 0.627. The van der Waals surface area contributed by atoms with Gasteiger partial charge in [-0.05, 0) is 25.4 Å². The number of likely N-dealkylation sites (tertiary alicyclic amines) is 1. The number of nitrogens with one attached hydrogen (secondary N) is 1. The van der Waals surface area contributed by atoms with Gasteiger partial charge < -0.3 is 16.0 Å². The molecule has 1 aliphatic heterocycles. The van der Waals surface area contributed by atoms with E-state index < -0.39 is 6.03 Å². The molecular formula is C8H17N3O. The highest BCUT2D eigenvalue weighted by Crippen LogP contribution is 2.14. The summed E-state index contributed by atoms with van der Waals surface area (Å²) in [5.74, 6) is 0.595. The molecule has 0 aromatic heterocycles. The molecule has 0 saturated carbocycles. The largest absolute Gasteiger partial charge is 0.352 e. The molecule has 0 aromatic carbocycles. The molecule has 1 atom stereocenters. The summed E-state index contributed by atoms with van der Waals surface area (Å²) in [6.45, 7) is 6.24. The average molecular weight is 171 g/mol. The van der Waals surface area contributed by atoms with Gasteiger partial charge in [0.15, 0.2) is 0 Å². The van der Waals surface area contributed by atoms with Crippen LogP contribution in [-0.4, -0.2) is 37.1 Å². The maximum atomic E-state index is 10.4. The van der Waals surface area contributed by atoms with E-state index in [1.807, 2.05) is 0 Å². The fourth-order valence-corrected chi connectivity index (χ4v) is 1.61. The molecule has 1 unspecified atom stereocenters. The monoisotopic (exact) mass is 171 g/mol. The Bertz CT molecular complexity index is 160. The fraction of sp³-hybridized carbons (Fsp3) is 0.875. The Morgan fingerprint density at radius 3 is 3.00 bits per heavy atom. The summed E-state index contributed by atoms with van der Waals surface area (Å²) >= 11 is 0. The number of urea groups is 1. The number of nitrogens with two attached hydrogens (primary N) is 1. The molecule has 12 heavy (non-hydrogen) atoms. The number of primary amides is 1. The van der Waals surface area contributed by atoms with Crippen LogP contribution in [0.3, 0.4) is 0 Å². The van der Waals surface area contributed by atoms with Gasteiger partial charge in [-0.3, -0.25) is 0 Å². The third-order valence-corrected chi connectivity index (χ3v) is 2.38. The standard InChI is InChI=1S/C8H17N3O/c1-2-11-4-3-7(6-11)5-10-8(9)12/h7H,2-6H2,1H3,(H3,9,10,12). The lowest BCUT2D eigenvalue weighted by Crippen LogP contribution is -2.34. The smallest absolute Gasteiger partial charge is 0.312 e. The first-order chi connectivity index (χ1) is 5.72. The molecule has 3 N–H and O–H groups in total. The Hall–Kier alpha value is -0.770. The lowest BCUT2D eigenvalue weighted by atomic mass is 10.1. The molecular weight excluding hydrogens is 154 g/mol. The Labute approximate surface area is 73.1 Å². The molecule has 1 saturated heterocycles. The minimum absolute atomic E-state index is 0.412. The zero-order valence-electron chi connectivity index (χ0n) is 7.55. The number of hydrogen-bond donors (Lipinski definition) is 2. The number of hydrogen-bond acceptors (Lipinski definition) is 2. The van der Waals surface area contributed by atoms with Crippen LogP contribution in [0.5, 0.6) is 0 Å². The van der Waals surface area contributed by atoms with Gasteiger partial charge in [-0.25, -0.2) is 4.79 Å². The summed E-state index contributed by atoms with van der Waals surface area (Å²) in [5.41, 5.74) is 4.97. The number of nitrogens with zero attached hydrogens (tertiary/aromatic N) is 1. The summed E-state index contributed by atoms with van der Waals surface area (Å²) in [4.78, 5) is 12.8. The minimum Gasteiger partial charge on any atom is -0.352 e. The Morgan fingerprint density at radius 2 is 2.50 bits per heavy atom. The van der Waals surface area contributed by atoms with Gasteiger partial charge in [0.1, 0.15) is 0 Å². The van der Waals surface area contributed by atoms with Crippen molar-refractivity contribution >= 4 is 6.03 Å². The first-order valence-corrected chi connectivity index (χ1v) is 4.48. The van der Waals surface area contributed by atoms with E-state index in [-0.39, 0.29) is 0 Å². The summed E-state index contributed by atoms with van der Waals surface area (Å²) in [6, 6.07) is -0.412. The zero-order valence-corrected chi connectivity index (χ0v) is 7.55. The highest BCUT2D eigenvalue weighted by Gasteiger charge is 2.20. The average Bonchev–Trinajstić information content (AvgIpc) is 2.48. The maximum Gasteiger partial charge on any atom is 0.312 e. The summed E-state index contributed by atoms with van der Waals surface area (Å²) < 4.78 is 0. The molecule has 0 bridgehead atoms. The van der Waals surface area contributed by atoms with Gasteiger partial charge in [0.25, 0.3) is 0 Å². The molecule has 0 spiro atoms. The highest BCUT2D eigenvalue weighted by atomic mass is 16.2. The van der Waals surface area contributed by atoms with E-state index in [4.69, 9.17) is 5.73 Å². The molecule has 1 aliphatic rings. The third kappa shape index (κ3) is 2.70. The van der Waals surface area contributed by atoms with E-state index in [0.29, 0.717) is 5.92 Å². The molecule has 1 heterocycles. The SMILES string of the molecule is CCN1CCC(CNC(N)=O)C1. The fourth-order valence-electron chi connectivity index (χ4n) is 1.61. The molecule has 1 fully saturated rings. The second-order valence-corrected chi connectivity index (χ2v) is 3.29. The molecule has 4 heteroatoms. The van der Waals surface area contributed by atoms with Crippen LogP contribution in [0.15, 0.2) is 0 Å². The van der Waals surface area contributed by atoms with Crippen LogP contribution in [-0.2, 0) is 0 Å². The molecule has 4 nitrogen and oxygen atoms in total. The summed E-state index contributed by atoms with van der Waals surface area (Å²) in [5, 5.41) is 2.64. The van der Waals surface area contributed by atoms with Gasteiger partial charge in [-0.1, -0.05) is 6.92 Å². The lowest BCUT2D eigenvalue weighted by molar-refractivity contribution is 0.246. The normalized spacial score (nSPS) is 24.2. The van der Waals surface area contributed by atoms with E-state index in [1.165, 1.54) is 6.42 Å². The Kier molecular flexibility index (Phi) is 3.34. The van der Waals surface area contributed by atoms with Crippen LogP contribution in [0.2, 0.25) is 0 Å². The molecule has 1 rings (SSSR count). The molecule has 0 radical (unpaired) electrons. The van der Waals surface area contributed by atoms with Gasteiger partial charge in [0.2, 0.25) is 0 Å². The van der Waals surface area contributed by atoms with Crippen molar-refractivity contribution in [2.24, 2.45) is 11.7 Å². The van der Waals surface area contributed by atoms with Crippen molar-refractivity contribution in [3.8, 4) is 0 Å². The number of amides is 2. The first-order valence-electron chi connectivity index (χ1n) is 4.48. The number of carbonyl (C=O) groups is 1. The van der Waals surface area contributed by atoms with Gasteiger partial charge in [0, 0.05) is 13.1 Å². The van der Waals surface area contributed by atoms with Crippen LogP contribution in [0, 0.1) is 5.92 Å². The van der Waals surface area contributed by atoms with Crippen molar-refractivity contribution in [2.45, 2.75) is 13.3 Å². The van der Waals surface area contributed by atoms with E-state index >= 15 is 0 Å². The van der Waals surface area contributed by atoms with E-state index in [2.05, 4.69) is 17.1 Å². The van der Waals surface area contributed by atoms with Crippen LogP contribution in [0.4, 0.5) is 4.79 Å². The van der Waals surface area contributed by atoms with Crippen molar-refractivity contribution in [3.63, 3.8) is 0 Å². The summed E-state index contributed by atoms with van der Waals surface area (Å²) in [7, 11) is 0. The van der Waals surface area contributed by atoms with Crippen molar-refractivity contribution in [1.29, 1.82) is 0 Å². The van der Waals surface area contributed by atoms with Gasteiger partial charge >= 0.3 is 6.03 Å². The Morgan fingerprint density at radius 1 is 1.75 bits per heavy atom. The van der Waals surface area contributed by atoms with Crippen molar-refractivity contribution in [1.82, 2.24) is 10.2 Å². The molecule has 2 amide bonds. The highest BCUT2D eigenvalue weighted by molar-refractivity contribution is 5.71. The second kappa shape index (κ2) is 4.30. The number of rotatable bonds is 3. The second-order valence-electron chi connectivity index (χ2n) is 3.29. The van der Waals surface area contributed by atoms with E-state index in [1.54, 1.807) is 0 Å². The van der Waals surface area contributed by atoms with E-state index in [9.17, 15) is 4.79 Å². The molecule has 0 aliphatic carbocycles. The van der Waals surface area contributed by atoms with Gasteiger partial charge in [0.05, 0.1) is 0 Å². The summed E-state index contributed by atoms with van der Waals surface area (Å²) in [6.07, 6.45) is 1.17. The van der Waals surface area contributed by atoms with Crippen molar-refractivity contribution < 1.29 is 4.79 Å². The van der Waals surface area contributed by atoms with Crippen LogP contribution in [0.25, 0.3) is 0 Å². The predicted molar refractivity (Wildman–Crippen MR) is 47.8 cm³/mol. The van der Waals surface area contributed by atoms with Crippen molar-refractivity contribution in [2.75, 3.05) is 26.2 Å². The minimum atomic E-state index is -0.412.